The van der Waals surface area contributed by atoms with Gasteiger partial charge in [-0.1, -0.05) is 24.3 Å². The lowest BCUT2D eigenvalue weighted by Gasteiger charge is -2.35. The molecule has 1 aliphatic rings. The summed E-state index contributed by atoms with van der Waals surface area (Å²) in [6, 6.07) is 20.4. The lowest BCUT2D eigenvalue weighted by atomic mass is 10.0. The fraction of sp³-hybridized carbons (Fsp3) is 0.194. The van der Waals surface area contributed by atoms with Crippen molar-refractivity contribution in [1.29, 1.82) is 0 Å². The molecule has 216 valence electrons. The van der Waals surface area contributed by atoms with Gasteiger partial charge in [0, 0.05) is 31.3 Å². The van der Waals surface area contributed by atoms with Crippen LogP contribution in [0.4, 0.5) is 26.2 Å². The molecule has 10 nitrogen and oxygen atoms in total. The first-order valence-electron chi connectivity index (χ1n) is 13.2. The highest BCUT2D eigenvalue weighted by Crippen LogP contribution is 2.36. The van der Waals surface area contributed by atoms with Crippen LogP contribution < -0.4 is 20.2 Å². The van der Waals surface area contributed by atoms with Gasteiger partial charge in [-0.15, -0.1) is 0 Å². The highest BCUT2D eigenvalue weighted by Gasteiger charge is 2.33. The minimum Gasteiger partial charge on any atom is -0.464 e. The van der Waals surface area contributed by atoms with Gasteiger partial charge in [0.25, 0.3) is 5.91 Å². The normalized spacial score (nSPS) is 12.6. The second-order valence-electron chi connectivity index (χ2n) is 9.65. The van der Waals surface area contributed by atoms with E-state index in [9.17, 15) is 23.9 Å². The lowest BCUT2D eigenvalue weighted by molar-refractivity contribution is -0.118. The third-order valence-electron chi connectivity index (χ3n) is 6.97. The molecule has 42 heavy (non-hydrogen) atoms. The summed E-state index contributed by atoms with van der Waals surface area (Å²) in [5.74, 6) is -0.703. The van der Waals surface area contributed by atoms with Gasteiger partial charge in [-0.2, -0.15) is 5.06 Å². The number of anilines is 3. The molecule has 11 heteroatoms. The van der Waals surface area contributed by atoms with Crippen molar-refractivity contribution in [3.8, 4) is 11.3 Å². The predicted octanol–water partition coefficient (Wildman–Crippen LogP) is 4.66. The Morgan fingerprint density at radius 2 is 1.90 bits per heavy atom. The number of rotatable bonds is 8. The van der Waals surface area contributed by atoms with Gasteiger partial charge in [0.2, 0.25) is 5.91 Å². The first-order chi connectivity index (χ1) is 20.3. The molecule has 2 N–H and O–H groups in total. The van der Waals surface area contributed by atoms with Crippen molar-refractivity contribution in [1.82, 2.24) is 5.32 Å². The van der Waals surface area contributed by atoms with Crippen LogP contribution in [0.3, 0.4) is 0 Å². The summed E-state index contributed by atoms with van der Waals surface area (Å²) in [6.07, 6.45) is 0.692. The van der Waals surface area contributed by atoms with E-state index in [1.807, 2.05) is 37.3 Å². The molecule has 0 atom stereocenters. The minimum atomic E-state index is -0.888. The maximum atomic E-state index is 14.7. The average Bonchev–Trinajstić information content (AvgIpc) is 3.53. The number of para-hydroxylation sites is 2. The van der Waals surface area contributed by atoms with Crippen molar-refractivity contribution >= 4 is 35.0 Å². The van der Waals surface area contributed by atoms with Crippen molar-refractivity contribution in [3.05, 3.63) is 102 Å². The molecular weight excluding hydrogens is 543 g/mol. The molecule has 0 aliphatic carbocycles. The molecule has 1 aromatic heterocycles. The highest BCUT2D eigenvalue weighted by atomic mass is 19.1. The third-order valence-corrected chi connectivity index (χ3v) is 6.97. The highest BCUT2D eigenvalue weighted by molar-refractivity contribution is 6.07. The first-order valence-corrected chi connectivity index (χ1v) is 13.2. The fourth-order valence-electron chi connectivity index (χ4n) is 4.85. The predicted molar refractivity (Wildman–Crippen MR) is 155 cm³/mol. The minimum absolute atomic E-state index is 0.0145. The maximum Gasteiger partial charge on any atom is 0.431 e. The molecule has 0 fully saturated rings. The number of aryl methyl sites for hydroxylation is 1. The Kier molecular flexibility index (Phi) is 8.21. The number of hydrogen-bond acceptors (Lipinski definition) is 7. The Hall–Kier alpha value is -5.16. The van der Waals surface area contributed by atoms with E-state index in [-0.39, 0.29) is 37.0 Å². The summed E-state index contributed by atoms with van der Waals surface area (Å²) >= 11 is 0. The second-order valence-corrected chi connectivity index (χ2v) is 9.65. The van der Waals surface area contributed by atoms with E-state index in [0.29, 0.717) is 17.0 Å². The molecule has 0 saturated heterocycles. The molecule has 5 rings (SSSR count). The molecule has 3 amide bonds. The van der Waals surface area contributed by atoms with Gasteiger partial charge in [0.15, 0.2) is 5.82 Å². The Labute approximate surface area is 241 Å². The number of hydrogen-bond donors (Lipinski definition) is 2. The van der Waals surface area contributed by atoms with E-state index in [0.717, 1.165) is 21.8 Å². The van der Waals surface area contributed by atoms with E-state index in [1.165, 1.54) is 23.1 Å². The zero-order valence-corrected chi connectivity index (χ0v) is 23.0. The molecule has 0 bridgehead atoms. The Morgan fingerprint density at radius 3 is 2.64 bits per heavy atom. The van der Waals surface area contributed by atoms with Crippen molar-refractivity contribution in [2.24, 2.45) is 0 Å². The monoisotopic (exact) mass is 572 g/mol. The standard InChI is InChI=1S/C31H29FN4O6/c1-20-17-21(30(39)34(2)25-9-4-3-7-23(25)27-11-6-16-41-27)12-13-22(20)18-33-31(40)42-36-19-28(38)35(14-15-37)26-10-5-8-24(32)29(26)36/h3-13,16-17,37H,14-15,18-19H2,1-2H3,(H,33,40). The molecule has 4 aromatic rings. The summed E-state index contributed by atoms with van der Waals surface area (Å²) in [6.45, 7) is 1.16. The topological polar surface area (TPSA) is 116 Å². The number of aliphatic hydroxyl groups is 1. The molecular formula is C31H29FN4O6. The van der Waals surface area contributed by atoms with Gasteiger partial charge in [0.1, 0.15) is 18.0 Å². The maximum absolute atomic E-state index is 14.7. The van der Waals surface area contributed by atoms with Gasteiger partial charge in [-0.05, 0) is 66.6 Å². The largest absolute Gasteiger partial charge is 0.464 e. The van der Waals surface area contributed by atoms with E-state index >= 15 is 0 Å². The SMILES string of the molecule is Cc1cc(C(=O)N(C)c2ccccc2-c2ccco2)ccc1CNC(=O)ON1CC(=O)N(CCO)c2cccc(F)c21. The summed E-state index contributed by atoms with van der Waals surface area (Å²) in [4.78, 5) is 46.7. The fourth-order valence-corrected chi connectivity index (χ4v) is 4.85. The number of β-amino-alcohol motifs (C(OH)–C–C–N with tert-alkyl or cyclic N) is 1. The number of aliphatic hydroxyl groups excluding tert-OH is 1. The van der Waals surface area contributed by atoms with E-state index in [4.69, 9.17) is 9.25 Å². The molecule has 0 radical (unpaired) electrons. The Morgan fingerprint density at radius 1 is 1.10 bits per heavy atom. The molecule has 0 saturated carbocycles. The number of benzene rings is 3. The van der Waals surface area contributed by atoms with Crippen molar-refractivity contribution in [3.63, 3.8) is 0 Å². The van der Waals surface area contributed by atoms with Gasteiger partial charge in [-0.25, -0.2) is 9.18 Å². The number of halogens is 1. The van der Waals surface area contributed by atoms with Crippen LogP contribution in [0.15, 0.2) is 83.5 Å². The number of furan rings is 1. The third kappa shape index (κ3) is 5.68. The van der Waals surface area contributed by atoms with E-state index < -0.39 is 24.4 Å². The zero-order valence-electron chi connectivity index (χ0n) is 23.0. The number of amides is 3. The molecule has 1 aliphatic heterocycles. The summed E-state index contributed by atoms with van der Waals surface area (Å²) in [5.41, 5.74) is 3.56. The van der Waals surface area contributed by atoms with Crippen LogP contribution in [0.1, 0.15) is 21.5 Å². The van der Waals surface area contributed by atoms with Crippen LogP contribution >= 0.6 is 0 Å². The van der Waals surface area contributed by atoms with Gasteiger partial charge < -0.3 is 29.5 Å². The molecule has 2 heterocycles. The Bertz CT molecular complexity index is 1620. The van der Waals surface area contributed by atoms with Gasteiger partial charge in [-0.3, -0.25) is 9.59 Å². The summed E-state index contributed by atoms with van der Waals surface area (Å²) in [7, 11) is 1.69. The number of nitrogens with one attached hydrogen (secondary N) is 1. The summed E-state index contributed by atoms with van der Waals surface area (Å²) in [5, 5.41) is 12.8. The first kappa shape index (κ1) is 28.4. The quantitative estimate of drug-likeness (QED) is 0.316. The number of hydroxylamine groups is 1. The van der Waals surface area contributed by atoms with Gasteiger partial charge in [0.05, 0.1) is 24.2 Å². The van der Waals surface area contributed by atoms with E-state index in [1.54, 1.807) is 42.5 Å². The van der Waals surface area contributed by atoms with Crippen LogP contribution in [0, 0.1) is 12.7 Å². The van der Waals surface area contributed by atoms with Crippen LogP contribution in [-0.2, 0) is 16.2 Å². The average molecular weight is 573 g/mol. The Balaban J connectivity index is 1.25. The number of nitrogens with zero attached hydrogens (tertiary/aromatic N) is 3. The zero-order chi connectivity index (χ0) is 29.8. The second kappa shape index (κ2) is 12.1. The molecule has 3 aromatic carbocycles. The molecule has 0 spiro atoms. The van der Waals surface area contributed by atoms with Crippen molar-refractivity contribution < 1.29 is 33.1 Å². The smallest absolute Gasteiger partial charge is 0.431 e. The van der Waals surface area contributed by atoms with Crippen LogP contribution in [0.2, 0.25) is 0 Å². The van der Waals surface area contributed by atoms with Crippen LogP contribution in [0.5, 0.6) is 0 Å². The number of fused-ring (bicyclic) bond motifs is 1. The summed E-state index contributed by atoms with van der Waals surface area (Å²) < 4.78 is 20.2. The molecule has 0 unspecified atom stereocenters. The number of carbonyl (C=O) groups excluding carboxylic acids is 3. The van der Waals surface area contributed by atoms with Gasteiger partial charge >= 0.3 is 6.09 Å². The number of carbonyl (C=O) groups is 3. The lowest BCUT2D eigenvalue weighted by Crippen LogP contribution is -2.48. The van der Waals surface area contributed by atoms with E-state index in [2.05, 4.69) is 5.32 Å². The van der Waals surface area contributed by atoms with Crippen LogP contribution in [0.25, 0.3) is 11.3 Å². The van der Waals surface area contributed by atoms with Crippen molar-refractivity contribution in [2.45, 2.75) is 13.5 Å². The van der Waals surface area contributed by atoms with Crippen molar-refractivity contribution in [2.75, 3.05) is 41.6 Å². The van der Waals surface area contributed by atoms with Crippen LogP contribution in [-0.4, -0.2) is 49.8 Å².